The van der Waals surface area contributed by atoms with Crippen LogP contribution < -0.4 is 10.6 Å². The Morgan fingerprint density at radius 1 is 1.30 bits per heavy atom. The molecule has 1 atom stereocenters. The Morgan fingerprint density at radius 3 is 2.70 bits per heavy atom. The average Bonchev–Trinajstić information content (AvgIpc) is 3.31. The van der Waals surface area contributed by atoms with Gasteiger partial charge in [-0.05, 0) is 70.1 Å². The summed E-state index contributed by atoms with van der Waals surface area (Å²) in [6.45, 7) is 8.43. The number of hydrogen-bond donors (Lipinski definition) is 2. The van der Waals surface area contributed by atoms with E-state index in [1.165, 1.54) is 30.0 Å². The smallest absolute Gasteiger partial charge is 0.220 e. The van der Waals surface area contributed by atoms with Crippen molar-refractivity contribution >= 4 is 42.1 Å². The van der Waals surface area contributed by atoms with E-state index in [2.05, 4.69) is 32.8 Å². The summed E-state index contributed by atoms with van der Waals surface area (Å²) in [6, 6.07) is 0. The Morgan fingerprint density at radius 2 is 2.07 bits per heavy atom. The predicted molar refractivity (Wildman–Crippen MR) is 117 cm³/mol. The van der Waals surface area contributed by atoms with Crippen molar-refractivity contribution < 1.29 is 4.79 Å². The molecule has 8 heteroatoms. The SMILES string of the molecule is CCc1nc(CN2CCC(CNC(=O)CCC3CCNC3)CC2)cs1.Cl.Cl. The zero-order chi connectivity index (χ0) is 17.5. The Hall–Kier alpha value is -0.400. The van der Waals surface area contributed by atoms with Gasteiger partial charge in [-0.3, -0.25) is 9.69 Å². The van der Waals surface area contributed by atoms with Crippen LogP contribution in [0, 0.1) is 11.8 Å². The van der Waals surface area contributed by atoms with Gasteiger partial charge in [0.25, 0.3) is 0 Å². The lowest BCUT2D eigenvalue weighted by Gasteiger charge is -2.31. The highest BCUT2D eigenvalue weighted by Crippen LogP contribution is 2.20. The molecule has 0 spiro atoms. The van der Waals surface area contributed by atoms with Crippen LogP contribution in [0.15, 0.2) is 5.38 Å². The van der Waals surface area contributed by atoms with E-state index in [-0.39, 0.29) is 30.7 Å². The Bertz CT molecular complexity index is 544. The molecule has 0 bridgehead atoms. The van der Waals surface area contributed by atoms with E-state index in [0.717, 1.165) is 52.1 Å². The summed E-state index contributed by atoms with van der Waals surface area (Å²) in [5.74, 6) is 1.58. The highest BCUT2D eigenvalue weighted by molar-refractivity contribution is 7.09. The predicted octanol–water partition coefficient (Wildman–Crippen LogP) is 3.27. The number of carbonyl (C=O) groups excluding carboxylic acids is 1. The van der Waals surface area contributed by atoms with Crippen molar-refractivity contribution in [2.45, 2.75) is 52.0 Å². The Labute approximate surface area is 179 Å². The molecule has 2 aliphatic rings. The van der Waals surface area contributed by atoms with Crippen LogP contribution in [0.1, 0.15) is 49.7 Å². The van der Waals surface area contributed by atoms with Crippen LogP contribution in [0.2, 0.25) is 0 Å². The van der Waals surface area contributed by atoms with Gasteiger partial charge in [0.2, 0.25) is 5.91 Å². The summed E-state index contributed by atoms with van der Waals surface area (Å²) in [5, 5.41) is 9.97. The summed E-state index contributed by atoms with van der Waals surface area (Å²) >= 11 is 1.77. The van der Waals surface area contributed by atoms with Crippen LogP contribution in [0.4, 0.5) is 0 Å². The van der Waals surface area contributed by atoms with Crippen molar-refractivity contribution in [2.24, 2.45) is 11.8 Å². The first kappa shape index (κ1) is 24.6. The molecular weight excluding hydrogens is 403 g/mol. The monoisotopic (exact) mass is 436 g/mol. The van der Waals surface area contributed by atoms with Gasteiger partial charge in [-0.1, -0.05) is 6.92 Å². The number of piperidine rings is 1. The van der Waals surface area contributed by atoms with Crippen LogP contribution in [-0.2, 0) is 17.8 Å². The third kappa shape index (κ3) is 8.24. The molecule has 0 saturated carbocycles. The van der Waals surface area contributed by atoms with E-state index in [1.807, 2.05) is 0 Å². The summed E-state index contributed by atoms with van der Waals surface area (Å²) in [5.41, 5.74) is 1.22. The van der Waals surface area contributed by atoms with Gasteiger partial charge in [0.15, 0.2) is 0 Å². The minimum Gasteiger partial charge on any atom is -0.356 e. The normalized spacial score (nSPS) is 20.7. The van der Waals surface area contributed by atoms with Crippen molar-refractivity contribution in [1.82, 2.24) is 20.5 Å². The fourth-order valence-corrected chi connectivity index (χ4v) is 4.54. The van der Waals surface area contributed by atoms with Crippen molar-refractivity contribution in [3.8, 4) is 0 Å². The van der Waals surface area contributed by atoms with Gasteiger partial charge in [-0.2, -0.15) is 0 Å². The quantitative estimate of drug-likeness (QED) is 0.656. The van der Waals surface area contributed by atoms with Crippen LogP contribution in [0.25, 0.3) is 0 Å². The first-order valence-electron chi connectivity index (χ1n) is 9.86. The number of amides is 1. The van der Waals surface area contributed by atoms with E-state index in [0.29, 0.717) is 18.3 Å². The third-order valence-corrected chi connectivity index (χ3v) is 6.57. The number of hydrogen-bond acceptors (Lipinski definition) is 5. The molecule has 0 aliphatic carbocycles. The maximum atomic E-state index is 12.0. The lowest BCUT2D eigenvalue weighted by molar-refractivity contribution is -0.121. The molecule has 5 nitrogen and oxygen atoms in total. The number of thiazole rings is 1. The molecule has 0 aromatic carbocycles. The summed E-state index contributed by atoms with van der Waals surface area (Å²) in [6.07, 6.45) is 6.34. The number of rotatable bonds is 8. The topological polar surface area (TPSA) is 57.3 Å². The second kappa shape index (κ2) is 12.9. The molecule has 2 aliphatic heterocycles. The van der Waals surface area contributed by atoms with Gasteiger partial charge in [-0.25, -0.2) is 4.98 Å². The Kier molecular flexibility index (Phi) is 11.8. The van der Waals surface area contributed by atoms with E-state index in [4.69, 9.17) is 0 Å². The minimum absolute atomic E-state index is 0. The fourth-order valence-electron chi connectivity index (χ4n) is 3.80. The third-order valence-electron chi connectivity index (χ3n) is 5.52. The number of nitrogens with zero attached hydrogens (tertiary/aromatic N) is 2. The second-order valence-corrected chi connectivity index (χ2v) is 8.45. The molecule has 3 rings (SSSR count). The first-order valence-corrected chi connectivity index (χ1v) is 10.7. The standard InChI is InChI=1S/C19H32N4OS.2ClH/c1-2-19-22-17(14-25-19)13-23-9-6-16(7-10-23)12-21-18(24)4-3-15-5-8-20-11-15;;/h14-16,20H,2-13H2,1H3,(H,21,24);2*1H. The highest BCUT2D eigenvalue weighted by atomic mass is 35.5. The summed E-state index contributed by atoms with van der Waals surface area (Å²) in [4.78, 5) is 19.2. The molecule has 1 amide bonds. The summed E-state index contributed by atoms with van der Waals surface area (Å²) in [7, 11) is 0. The van der Waals surface area contributed by atoms with Crippen molar-refractivity contribution in [3.05, 3.63) is 16.1 Å². The molecular formula is C19H34Cl2N4OS. The lowest BCUT2D eigenvalue weighted by Crippen LogP contribution is -2.38. The second-order valence-electron chi connectivity index (χ2n) is 7.51. The van der Waals surface area contributed by atoms with E-state index < -0.39 is 0 Å². The van der Waals surface area contributed by atoms with Crippen LogP contribution >= 0.6 is 36.2 Å². The van der Waals surface area contributed by atoms with Gasteiger partial charge in [0.05, 0.1) is 10.7 Å². The van der Waals surface area contributed by atoms with Crippen LogP contribution in [-0.4, -0.2) is 48.5 Å². The minimum atomic E-state index is 0. The zero-order valence-corrected chi connectivity index (χ0v) is 18.7. The molecule has 2 fully saturated rings. The highest BCUT2D eigenvalue weighted by Gasteiger charge is 2.21. The van der Waals surface area contributed by atoms with Gasteiger partial charge in [0, 0.05) is 24.9 Å². The van der Waals surface area contributed by atoms with Gasteiger partial charge in [-0.15, -0.1) is 36.2 Å². The van der Waals surface area contributed by atoms with Crippen LogP contribution in [0.5, 0.6) is 0 Å². The van der Waals surface area contributed by atoms with Gasteiger partial charge in [0.1, 0.15) is 0 Å². The average molecular weight is 437 g/mol. The molecule has 156 valence electrons. The molecule has 2 saturated heterocycles. The van der Waals surface area contributed by atoms with Gasteiger partial charge >= 0.3 is 0 Å². The molecule has 2 N–H and O–H groups in total. The van der Waals surface area contributed by atoms with Crippen molar-refractivity contribution in [1.29, 1.82) is 0 Å². The fraction of sp³-hybridized carbons (Fsp3) is 0.789. The number of aryl methyl sites for hydroxylation is 1. The lowest BCUT2D eigenvalue weighted by atomic mass is 9.96. The zero-order valence-electron chi connectivity index (χ0n) is 16.2. The number of carbonyl (C=O) groups is 1. The number of halogens is 2. The van der Waals surface area contributed by atoms with Crippen LogP contribution in [0.3, 0.4) is 0 Å². The van der Waals surface area contributed by atoms with Crippen molar-refractivity contribution in [3.63, 3.8) is 0 Å². The molecule has 1 aromatic rings. The van der Waals surface area contributed by atoms with E-state index >= 15 is 0 Å². The van der Waals surface area contributed by atoms with E-state index in [1.54, 1.807) is 11.3 Å². The molecule has 3 heterocycles. The number of aromatic nitrogens is 1. The molecule has 1 aromatic heterocycles. The number of nitrogens with one attached hydrogen (secondary N) is 2. The maximum Gasteiger partial charge on any atom is 0.220 e. The van der Waals surface area contributed by atoms with Gasteiger partial charge < -0.3 is 10.6 Å². The molecule has 0 radical (unpaired) electrons. The molecule has 1 unspecified atom stereocenters. The number of likely N-dealkylation sites (tertiary alicyclic amines) is 1. The maximum absolute atomic E-state index is 12.0. The first-order chi connectivity index (χ1) is 12.2. The van der Waals surface area contributed by atoms with E-state index in [9.17, 15) is 4.79 Å². The largest absolute Gasteiger partial charge is 0.356 e. The molecule has 27 heavy (non-hydrogen) atoms. The summed E-state index contributed by atoms with van der Waals surface area (Å²) < 4.78 is 0. The van der Waals surface area contributed by atoms with Crippen molar-refractivity contribution in [2.75, 3.05) is 32.7 Å². The Balaban J connectivity index is 0.00000182.